The van der Waals surface area contributed by atoms with E-state index < -0.39 is 11.7 Å². The molecule has 2 aromatic rings. The summed E-state index contributed by atoms with van der Waals surface area (Å²) in [5.74, 6) is -0.0164. The van der Waals surface area contributed by atoms with E-state index in [2.05, 4.69) is 0 Å². The first kappa shape index (κ1) is 19.5. The molecule has 0 aliphatic carbocycles. The fraction of sp³-hybridized carbons (Fsp3) is 0.409. The van der Waals surface area contributed by atoms with Crippen molar-refractivity contribution in [1.82, 2.24) is 9.80 Å². The Labute approximate surface area is 160 Å². The molecule has 1 fully saturated rings. The lowest BCUT2D eigenvalue weighted by Gasteiger charge is -2.44. The topological polar surface area (TPSA) is 64.0 Å². The van der Waals surface area contributed by atoms with Crippen LogP contribution in [0.5, 0.6) is 0 Å². The summed E-state index contributed by atoms with van der Waals surface area (Å²) in [6, 6.07) is 19.6. The van der Waals surface area contributed by atoms with Crippen molar-refractivity contribution in [3.8, 4) is 0 Å². The molecule has 1 amide bonds. The zero-order valence-electron chi connectivity index (χ0n) is 15.8. The molecule has 144 valence electrons. The van der Waals surface area contributed by atoms with Crippen molar-refractivity contribution in [2.45, 2.75) is 31.1 Å². The summed E-state index contributed by atoms with van der Waals surface area (Å²) in [7, 11) is 1.92. The Kier molecular flexibility index (Phi) is 6.26. The molecule has 0 saturated carbocycles. The number of aliphatic hydroxyl groups excluding tert-OH is 1. The lowest BCUT2D eigenvalue weighted by molar-refractivity contribution is -0.155. The van der Waals surface area contributed by atoms with E-state index in [1.807, 2.05) is 72.6 Å². The van der Waals surface area contributed by atoms with Gasteiger partial charge in [-0.2, -0.15) is 0 Å². The Hall–Kier alpha value is -2.21. The molecule has 1 aliphatic rings. The van der Waals surface area contributed by atoms with Gasteiger partial charge >= 0.3 is 0 Å². The van der Waals surface area contributed by atoms with Crippen LogP contribution in [0.25, 0.3) is 0 Å². The normalized spacial score (nSPS) is 22.8. The van der Waals surface area contributed by atoms with E-state index in [4.69, 9.17) is 0 Å². The van der Waals surface area contributed by atoms with Crippen molar-refractivity contribution < 1.29 is 15.0 Å². The van der Waals surface area contributed by atoms with Gasteiger partial charge in [-0.1, -0.05) is 60.7 Å². The highest BCUT2D eigenvalue weighted by molar-refractivity contribution is 5.79. The Bertz CT molecular complexity index is 738. The molecule has 0 spiro atoms. The molecule has 5 heteroatoms. The standard InChI is InChI=1S/C22H28N2O3/c1-23(15-19-10-6-3-7-11-19)16-22(27)17-24(13-12-20(22)25)21(26)14-18-8-4-2-5-9-18/h2-11,20,25,27H,12-17H2,1H3/t20-,22+/m0/s1. The van der Waals surface area contributed by atoms with Crippen LogP contribution < -0.4 is 0 Å². The van der Waals surface area contributed by atoms with Crippen molar-refractivity contribution in [3.63, 3.8) is 0 Å². The first-order valence-corrected chi connectivity index (χ1v) is 9.41. The summed E-state index contributed by atoms with van der Waals surface area (Å²) < 4.78 is 0. The van der Waals surface area contributed by atoms with Gasteiger partial charge in [0, 0.05) is 19.6 Å². The molecular weight excluding hydrogens is 340 g/mol. The highest BCUT2D eigenvalue weighted by Gasteiger charge is 2.43. The number of likely N-dealkylation sites (N-methyl/N-ethyl adjacent to an activating group) is 1. The van der Waals surface area contributed by atoms with Crippen LogP contribution in [-0.4, -0.2) is 64.3 Å². The van der Waals surface area contributed by atoms with Gasteiger partial charge in [0.05, 0.1) is 19.1 Å². The molecule has 0 bridgehead atoms. The van der Waals surface area contributed by atoms with Gasteiger partial charge < -0.3 is 15.1 Å². The Balaban J connectivity index is 1.62. The highest BCUT2D eigenvalue weighted by Crippen LogP contribution is 2.24. The third kappa shape index (κ3) is 5.16. The largest absolute Gasteiger partial charge is 0.390 e. The van der Waals surface area contributed by atoms with E-state index in [0.717, 1.165) is 11.1 Å². The average molecular weight is 368 g/mol. The van der Waals surface area contributed by atoms with Gasteiger partial charge in [0.1, 0.15) is 5.60 Å². The number of piperidine rings is 1. The Morgan fingerprint density at radius 3 is 2.33 bits per heavy atom. The van der Waals surface area contributed by atoms with Crippen LogP contribution >= 0.6 is 0 Å². The van der Waals surface area contributed by atoms with Crippen LogP contribution in [0.3, 0.4) is 0 Å². The lowest BCUT2D eigenvalue weighted by Crippen LogP contribution is -2.62. The molecule has 2 aromatic carbocycles. The number of hydrogen-bond acceptors (Lipinski definition) is 4. The smallest absolute Gasteiger partial charge is 0.227 e. The van der Waals surface area contributed by atoms with Gasteiger partial charge in [0.15, 0.2) is 0 Å². The van der Waals surface area contributed by atoms with Crippen molar-refractivity contribution >= 4 is 5.91 Å². The zero-order valence-corrected chi connectivity index (χ0v) is 15.8. The zero-order chi connectivity index (χ0) is 19.3. The van der Waals surface area contributed by atoms with Crippen LogP contribution in [0.1, 0.15) is 17.5 Å². The van der Waals surface area contributed by atoms with E-state index in [1.54, 1.807) is 4.90 Å². The van der Waals surface area contributed by atoms with Gasteiger partial charge in [0.25, 0.3) is 0 Å². The van der Waals surface area contributed by atoms with Crippen LogP contribution in [0.4, 0.5) is 0 Å². The van der Waals surface area contributed by atoms with Crippen LogP contribution in [0.2, 0.25) is 0 Å². The second-order valence-electron chi connectivity index (χ2n) is 7.54. The van der Waals surface area contributed by atoms with E-state index in [1.165, 1.54) is 0 Å². The van der Waals surface area contributed by atoms with Crippen LogP contribution in [-0.2, 0) is 17.8 Å². The van der Waals surface area contributed by atoms with Crippen LogP contribution in [0.15, 0.2) is 60.7 Å². The van der Waals surface area contributed by atoms with E-state index in [0.29, 0.717) is 32.5 Å². The van der Waals surface area contributed by atoms with Gasteiger partial charge in [-0.25, -0.2) is 0 Å². The monoisotopic (exact) mass is 368 g/mol. The number of nitrogens with zero attached hydrogens (tertiary/aromatic N) is 2. The summed E-state index contributed by atoms with van der Waals surface area (Å²) in [5.41, 5.74) is 0.776. The first-order valence-electron chi connectivity index (χ1n) is 9.41. The van der Waals surface area contributed by atoms with Crippen molar-refractivity contribution in [2.75, 3.05) is 26.7 Å². The van der Waals surface area contributed by atoms with Crippen molar-refractivity contribution in [1.29, 1.82) is 0 Å². The van der Waals surface area contributed by atoms with Crippen molar-refractivity contribution in [2.24, 2.45) is 0 Å². The lowest BCUT2D eigenvalue weighted by atomic mass is 9.88. The maximum atomic E-state index is 12.7. The van der Waals surface area contributed by atoms with E-state index in [-0.39, 0.29) is 12.5 Å². The number of aliphatic hydroxyl groups is 2. The van der Waals surface area contributed by atoms with E-state index >= 15 is 0 Å². The molecule has 1 saturated heterocycles. The average Bonchev–Trinajstić information content (AvgIpc) is 2.65. The summed E-state index contributed by atoms with van der Waals surface area (Å²) in [6.07, 6.45) is -0.139. The molecule has 27 heavy (non-hydrogen) atoms. The number of carbonyl (C=O) groups excluding carboxylic acids is 1. The third-order valence-electron chi connectivity index (χ3n) is 5.15. The molecule has 1 heterocycles. The molecule has 2 atom stereocenters. The molecule has 1 aliphatic heterocycles. The van der Waals surface area contributed by atoms with Gasteiger partial charge in [-0.3, -0.25) is 9.69 Å². The SMILES string of the molecule is CN(Cc1ccccc1)C[C@@]1(O)CN(C(=O)Cc2ccccc2)CC[C@@H]1O. The predicted octanol–water partition coefficient (Wildman–Crippen LogP) is 1.69. The molecule has 2 N–H and O–H groups in total. The molecule has 0 unspecified atom stereocenters. The van der Waals surface area contributed by atoms with Gasteiger partial charge in [-0.15, -0.1) is 0 Å². The quantitative estimate of drug-likeness (QED) is 0.814. The minimum Gasteiger partial charge on any atom is -0.390 e. The number of amides is 1. The number of hydrogen-bond donors (Lipinski definition) is 2. The summed E-state index contributed by atoms with van der Waals surface area (Å²) >= 11 is 0. The molecule has 3 rings (SSSR count). The Morgan fingerprint density at radius 2 is 1.70 bits per heavy atom. The maximum Gasteiger partial charge on any atom is 0.227 e. The third-order valence-corrected chi connectivity index (χ3v) is 5.15. The molecule has 0 aromatic heterocycles. The van der Waals surface area contributed by atoms with Gasteiger partial charge in [-0.05, 0) is 24.6 Å². The minimum atomic E-state index is -1.33. The number of β-amino-alcohol motifs (C(OH)–C–C–N with tert-alkyl or cyclic N) is 1. The fourth-order valence-corrected chi connectivity index (χ4v) is 3.73. The number of carbonyl (C=O) groups is 1. The second-order valence-corrected chi connectivity index (χ2v) is 7.54. The Morgan fingerprint density at radius 1 is 1.11 bits per heavy atom. The molecule has 0 radical (unpaired) electrons. The number of rotatable bonds is 6. The van der Waals surface area contributed by atoms with E-state index in [9.17, 15) is 15.0 Å². The van der Waals surface area contributed by atoms with Crippen LogP contribution in [0, 0.1) is 0 Å². The number of benzene rings is 2. The maximum absolute atomic E-state index is 12.7. The summed E-state index contributed by atoms with van der Waals surface area (Å²) in [6.45, 7) is 1.60. The van der Waals surface area contributed by atoms with Crippen molar-refractivity contribution in [3.05, 3.63) is 71.8 Å². The molecular formula is C22H28N2O3. The minimum absolute atomic E-state index is 0.0164. The van der Waals surface area contributed by atoms with Gasteiger partial charge in [0.2, 0.25) is 5.91 Å². The fourth-order valence-electron chi connectivity index (χ4n) is 3.73. The molecule has 5 nitrogen and oxygen atoms in total. The number of likely N-dealkylation sites (tertiary alicyclic amines) is 1. The highest BCUT2D eigenvalue weighted by atomic mass is 16.3. The predicted molar refractivity (Wildman–Crippen MR) is 105 cm³/mol. The second kappa shape index (κ2) is 8.65. The summed E-state index contributed by atoms with van der Waals surface area (Å²) in [4.78, 5) is 16.3. The summed E-state index contributed by atoms with van der Waals surface area (Å²) in [5, 5.41) is 21.5. The first-order chi connectivity index (χ1) is 13.0.